The van der Waals surface area contributed by atoms with Crippen LogP contribution in [0.5, 0.6) is 0 Å². The Morgan fingerprint density at radius 3 is 2.68 bits per heavy atom. The molecule has 0 unspecified atom stereocenters. The molecule has 28 heavy (non-hydrogen) atoms. The first-order chi connectivity index (χ1) is 13.3. The van der Waals surface area contributed by atoms with Gasteiger partial charge in [-0.2, -0.15) is 0 Å². The van der Waals surface area contributed by atoms with Crippen LogP contribution in [-0.2, 0) is 19.9 Å². The van der Waals surface area contributed by atoms with E-state index in [1.807, 2.05) is 12.2 Å². The standard InChI is InChI=1S/C21H26FN3O3/c1-4-5-8-25-18(26)16-15(9-11(2)3)24-21(17(16)19(25)27)13-10-12(22)6-7-14(13)23-20(21)28/h6-7,10-11,15-17,24H,4-5,8-9H2,1-3H3,(H,23,28)/p+1/t15-,16+,17-,21-/m0/s1. The van der Waals surface area contributed by atoms with Crippen LogP contribution >= 0.6 is 0 Å². The van der Waals surface area contributed by atoms with Crippen LogP contribution in [-0.4, -0.2) is 35.2 Å². The predicted molar refractivity (Wildman–Crippen MR) is 100 cm³/mol. The van der Waals surface area contributed by atoms with Gasteiger partial charge < -0.3 is 10.6 Å². The Morgan fingerprint density at radius 2 is 2.00 bits per heavy atom. The zero-order valence-electron chi connectivity index (χ0n) is 16.5. The number of anilines is 1. The van der Waals surface area contributed by atoms with Crippen molar-refractivity contribution < 1.29 is 24.1 Å². The Bertz CT molecular complexity index is 855. The number of hydrogen-bond acceptors (Lipinski definition) is 3. The van der Waals surface area contributed by atoms with E-state index >= 15 is 0 Å². The van der Waals surface area contributed by atoms with Crippen molar-refractivity contribution in [1.29, 1.82) is 0 Å². The van der Waals surface area contributed by atoms with Gasteiger partial charge in [-0.25, -0.2) is 4.39 Å². The third-order valence-corrected chi connectivity index (χ3v) is 6.40. The van der Waals surface area contributed by atoms with E-state index in [-0.39, 0.29) is 23.8 Å². The predicted octanol–water partition coefficient (Wildman–Crippen LogP) is 1.37. The third-order valence-electron chi connectivity index (χ3n) is 6.40. The summed E-state index contributed by atoms with van der Waals surface area (Å²) in [5.74, 6) is -2.28. The van der Waals surface area contributed by atoms with Gasteiger partial charge in [0.1, 0.15) is 23.7 Å². The van der Waals surface area contributed by atoms with E-state index in [2.05, 4.69) is 19.2 Å². The first-order valence-corrected chi connectivity index (χ1v) is 10.1. The molecule has 2 fully saturated rings. The van der Waals surface area contributed by atoms with E-state index in [1.165, 1.54) is 23.1 Å². The summed E-state index contributed by atoms with van der Waals surface area (Å²) in [6.07, 6.45) is 2.31. The summed E-state index contributed by atoms with van der Waals surface area (Å²) < 4.78 is 14.1. The van der Waals surface area contributed by atoms with Crippen molar-refractivity contribution in [2.75, 3.05) is 11.9 Å². The molecule has 1 aromatic carbocycles. The van der Waals surface area contributed by atoms with E-state index in [9.17, 15) is 18.8 Å². The van der Waals surface area contributed by atoms with E-state index < -0.39 is 23.2 Å². The zero-order chi connectivity index (χ0) is 20.2. The van der Waals surface area contributed by atoms with E-state index in [4.69, 9.17) is 0 Å². The third kappa shape index (κ3) is 2.52. The summed E-state index contributed by atoms with van der Waals surface area (Å²) in [5.41, 5.74) is -0.258. The number of nitrogens with one attached hydrogen (secondary N) is 1. The number of imide groups is 1. The van der Waals surface area contributed by atoms with Crippen molar-refractivity contribution in [2.24, 2.45) is 17.8 Å². The van der Waals surface area contributed by atoms with Crippen LogP contribution in [0.15, 0.2) is 18.2 Å². The lowest BCUT2D eigenvalue weighted by atomic mass is 9.76. The molecular weight excluding hydrogens is 361 g/mol. The maximum Gasteiger partial charge on any atom is 0.291 e. The number of halogens is 1. The fraction of sp³-hybridized carbons (Fsp3) is 0.571. The molecule has 1 spiro atoms. The van der Waals surface area contributed by atoms with Gasteiger partial charge in [0.05, 0.1) is 5.69 Å². The molecule has 0 saturated carbocycles. The molecule has 0 radical (unpaired) electrons. The van der Waals surface area contributed by atoms with Crippen molar-refractivity contribution in [3.8, 4) is 0 Å². The molecule has 4 rings (SSSR count). The maximum absolute atomic E-state index is 14.1. The number of quaternary nitrogens is 1. The average Bonchev–Trinajstić information content (AvgIpc) is 3.19. The van der Waals surface area contributed by atoms with Gasteiger partial charge in [0, 0.05) is 18.5 Å². The van der Waals surface area contributed by atoms with Crippen LogP contribution in [0, 0.1) is 23.6 Å². The molecule has 4 atom stereocenters. The summed E-state index contributed by atoms with van der Waals surface area (Å²) in [4.78, 5) is 41.1. The van der Waals surface area contributed by atoms with Crippen molar-refractivity contribution >= 4 is 23.4 Å². The lowest BCUT2D eigenvalue weighted by Gasteiger charge is -2.26. The molecular formula is C21H27FN3O3+. The van der Waals surface area contributed by atoms with Gasteiger partial charge in [0.2, 0.25) is 17.4 Å². The minimum atomic E-state index is -1.27. The molecule has 0 aromatic heterocycles. The summed E-state index contributed by atoms with van der Waals surface area (Å²) in [5, 5.41) is 4.69. The molecule has 3 aliphatic heterocycles. The number of nitrogens with two attached hydrogens (primary N) is 1. The summed E-state index contributed by atoms with van der Waals surface area (Å²) in [6, 6.07) is 3.98. The van der Waals surface area contributed by atoms with Crippen LogP contribution < -0.4 is 10.6 Å². The number of amides is 3. The van der Waals surface area contributed by atoms with Gasteiger partial charge in [-0.15, -0.1) is 0 Å². The highest BCUT2D eigenvalue weighted by molar-refractivity contribution is 6.13. The first-order valence-electron chi connectivity index (χ1n) is 10.1. The molecule has 2 saturated heterocycles. The molecule has 3 amide bonds. The average molecular weight is 388 g/mol. The lowest BCUT2D eigenvalue weighted by molar-refractivity contribution is -0.734. The topological polar surface area (TPSA) is 83.1 Å². The number of carbonyl (C=O) groups excluding carboxylic acids is 3. The van der Waals surface area contributed by atoms with Crippen LogP contribution in [0.1, 0.15) is 45.6 Å². The molecule has 0 bridgehead atoms. The normalized spacial score (nSPS) is 31.1. The number of hydrogen-bond donors (Lipinski definition) is 2. The maximum atomic E-state index is 14.1. The van der Waals surface area contributed by atoms with Gasteiger partial charge >= 0.3 is 0 Å². The largest absolute Gasteiger partial charge is 0.326 e. The van der Waals surface area contributed by atoms with E-state index in [0.29, 0.717) is 30.1 Å². The Morgan fingerprint density at radius 1 is 1.25 bits per heavy atom. The molecule has 150 valence electrons. The fourth-order valence-corrected chi connectivity index (χ4v) is 5.29. The van der Waals surface area contributed by atoms with Crippen molar-refractivity contribution in [1.82, 2.24) is 4.90 Å². The highest BCUT2D eigenvalue weighted by atomic mass is 19.1. The van der Waals surface area contributed by atoms with Crippen molar-refractivity contribution in [3.05, 3.63) is 29.6 Å². The van der Waals surface area contributed by atoms with Gasteiger partial charge in [-0.05, 0) is 30.5 Å². The minimum Gasteiger partial charge on any atom is -0.326 e. The van der Waals surface area contributed by atoms with Crippen molar-refractivity contribution in [2.45, 2.75) is 51.6 Å². The second-order valence-electron chi connectivity index (χ2n) is 8.66. The number of likely N-dealkylation sites (tertiary alicyclic amines) is 1. The quantitative estimate of drug-likeness (QED) is 0.748. The molecule has 0 aliphatic carbocycles. The second kappa shape index (κ2) is 6.65. The van der Waals surface area contributed by atoms with Gasteiger partial charge in [0.15, 0.2) is 0 Å². The Hall–Kier alpha value is -2.28. The summed E-state index contributed by atoms with van der Waals surface area (Å²) in [6.45, 7) is 6.51. The summed E-state index contributed by atoms with van der Waals surface area (Å²) >= 11 is 0. The number of benzene rings is 1. The number of rotatable bonds is 5. The smallest absolute Gasteiger partial charge is 0.291 e. The summed E-state index contributed by atoms with van der Waals surface area (Å²) in [7, 11) is 0. The van der Waals surface area contributed by atoms with Crippen molar-refractivity contribution in [3.63, 3.8) is 0 Å². The number of carbonyl (C=O) groups is 3. The first kappa shape index (κ1) is 19.1. The SMILES string of the molecule is CCCCN1C(=O)[C@@H]2[C@H](CC(C)C)[NH2+][C@]3(C(=O)Nc4ccc(F)cc43)[C@@H]2C1=O. The Kier molecular flexibility index (Phi) is 4.53. The molecule has 1 aromatic rings. The number of unbranched alkanes of at least 4 members (excludes halogenated alkanes) is 1. The second-order valence-corrected chi connectivity index (χ2v) is 8.66. The zero-order valence-corrected chi connectivity index (χ0v) is 16.5. The highest BCUT2D eigenvalue weighted by Crippen LogP contribution is 2.49. The minimum absolute atomic E-state index is 0.181. The molecule has 3 aliphatic rings. The highest BCUT2D eigenvalue weighted by Gasteiger charge is 2.74. The molecule has 7 heteroatoms. The van der Waals surface area contributed by atoms with E-state index in [1.54, 1.807) is 0 Å². The number of fused-ring (bicyclic) bond motifs is 4. The lowest BCUT2D eigenvalue weighted by Crippen LogP contribution is -2.99. The van der Waals surface area contributed by atoms with E-state index in [0.717, 1.165) is 12.8 Å². The van der Waals surface area contributed by atoms with Gasteiger partial charge in [0.25, 0.3) is 5.91 Å². The number of nitrogens with zero attached hydrogens (tertiary/aromatic N) is 1. The molecule has 6 nitrogen and oxygen atoms in total. The fourth-order valence-electron chi connectivity index (χ4n) is 5.29. The molecule has 3 heterocycles. The Balaban J connectivity index is 1.84. The van der Waals surface area contributed by atoms with Crippen LogP contribution in [0.2, 0.25) is 0 Å². The molecule has 3 N–H and O–H groups in total. The van der Waals surface area contributed by atoms with Crippen LogP contribution in [0.25, 0.3) is 0 Å². The van der Waals surface area contributed by atoms with Crippen LogP contribution in [0.4, 0.5) is 10.1 Å². The van der Waals surface area contributed by atoms with Crippen LogP contribution in [0.3, 0.4) is 0 Å². The van der Waals surface area contributed by atoms with Gasteiger partial charge in [-0.3, -0.25) is 19.3 Å². The Labute approximate surface area is 163 Å². The monoisotopic (exact) mass is 388 g/mol. The van der Waals surface area contributed by atoms with Gasteiger partial charge in [-0.1, -0.05) is 27.2 Å².